The average molecular weight is 244 g/mol. The number of rotatable bonds is 3. The summed E-state index contributed by atoms with van der Waals surface area (Å²) in [5, 5.41) is -0.234. The van der Waals surface area contributed by atoms with E-state index in [-0.39, 0.29) is 11.2 Å². The molecule has 2 rings (SSSR count). The molecule has 2 atom stereocenters. The molecule has 16 heavy (non-hydrogen) atoms. The van der Waals surface area contributed by atoms with Crippen molar-refractivity contribution in [3.63, 3.8) is 0 Å². The van der Waals surface area contributed by atoms with Gasteiger partial charge in [-0.1, -0.05) is 6.92 Å². The van der Waals surface area contributed by atoms with Crippen molar-refractivity contribution in [1.82, 2.24) is 4.31 Å². The third kappa shape index (κ3) is 2.05. The largest absolute Gasteiger partial charge is 0.236 e. The number of piperidine rings is 1. The molecule has 0 radical (unpaired) electrons. The smallest absolute Gasteiger partial charge is 0.212 e. The lowest BCUT2D eigenvalue weighted by molar-refractivity contribution is 0.193. The quantitative estimate of drug-likeness (QED) is 0.546. The topological polar surface area (TPSA) is 66.8 Å². The van der Waals surface area contributed by atoms with Gasteiger partial charge >= 0.3 is 0 Å². The van der Waals surface area contributed by atoms with Crippen LogP contribution < -0.4 is 0 Å². The molecular weight excluding hydrogens is 228 g/mol. The first kappa shape index (κ1) is 11.8. The van der Waals surface area contributed by atoms with E-state index in [1.54, 1.807) is 0 Å². The highest BCUT2D eigenvalue weighted by atomic mass is 32.2. The summed E-state index contributed by atoms with van der Waals surface area (Å²) in [5.74, 6) is 0.101. The minimum atomic E-state index is -3.23. The standard InChI is InChI=1S/C10H16N2O3S/c1-8-3-2-6-12(10(8)11-7-13)16(14,15)9-4-5-9/h8-10H,2-6H2,1H3. The lowest BCUT2D eigenvalue weighted by Gasteiger charge is -2.35. The number of aliphatic imine (C=N–C) groups is 1. The first-order chi connectivity index (χ1) is 7.57. The highest BCUT2D eigenvalue weighted by Gasteiger charge is 2.45. The van der Waals surface area contributed by atoms with E-state index in [9.17, 15) is 13.2 Å². The molecule has 2 aliphatic rings. The molecule has 6 heteroatoms. The summed E-state index contributed by atoms with van der Waals surface area (Å²) in [6, 6.07) is 0. The van der Waals surface area contributed by atoms with Crippen LogP contribution in [-0.2, 0) is 14.8 Å². The minimum Gasteiger partial charge on any atom is -0.212 e. The van der Waals surface area contributed by atoms with Crippen molar-refractivity contribution in [3.8, 4) is 0 Å². The lowest BCUT2D eigenvalue weighted by Crippen LogP contribution is -2.47. The van der Waals surface area contributed by atoms with Gasteiger partial charge in [-0.25, -0.2) is 13.2 Å². The van der Waals surface area contributed by atoms with E-state index in [0.717, 1.165) is 25.7 Å². The van der Waals surface area contributed by atoms with Crippen molar-refractivity contribution >= 4 is 16.1 Å². The molecule has 0 aromatic carbocycles. The number of carbonyl (C=O) groups excluding carboxylic acids is 1. The van der Waals surface area contributed by atoms with Gasteiger partial charge in [-0.3, -0.25) is 0 Å². The second kappa shape index (κ2) is 4.28. The van der Waals surface area contributed by atoms with Crippen molar-refractivity contribution in [2.24, 2.45) is 10.9 Å². The van der Waals surface area contributed by atoms with E-state index in [1.807, 2.05) is 6.92 Å². The van der Waals surface area contributed by atoms with E-state index in [0.29, 0.717) is 6.54 Å². The van der Waals surface area contributed by atoms with Gasteiger partial charge in [-0.2, -0.15) is 9.30 Å². The molecule has 1 saturated carbocycles. The third-order valence-electron chi connectivity index (χ3n) is 3.30. The fraction of sp³-hybridized carbons (Fsp3) is 0.900. The number of hydrogen-bond acceptors (Lipinski definition) is 4. The number of sulfonamides is 1. The van der Waals surface area contributed by atoms with Gasteiger partial charge in [0.1, 0.15) is 6.17 Å². The second-order valence-electron chi connectivity index (χ2n) is 4.61. The second-order valence-corrected chi connectivity index (χ2v) is 6.77. The zero-order valence-corrected chi connectivity index (χ0v) is 10.1. The van der Waals surface area contributed by atoms with Gasteiger partial charge < -0.3 is 0 Å². The molecule has 1 aliphatic carbocycles. The molecular formula is C10H16N2O3S. The van der Waals surface area contributed by atoms with Gasteiger partial charge in [-0.05, 0) is 31.6 Å². The summed E-state index contributed by atoms with van der Waals surface area (Å²) in [6.45, 7) is 2.42. The van der Waals surface area contributed by atoms with Gasteiger partial charge in [0.2, 0.25) is 16.1 Å². The number of hydrogen-bond donors (Lipinski definition) is 0. The molecule has 2 fully saturated rings. The molecule has 1 aliphatic heterocycles. The van der Waals surface area contributed by atoms with Crippen molar-refractivity contribution in [2.45, 2.75) is 44.0 Å². The van der Waals surface area contributed by atoms with Gasteiger partial charge in [0, 0.05) is 6.54 Å². The van der Waals surface area contributed by atoms with E-state index < -0.39 is 16.2 Å². The van der Waals surface area contributed by atoms with Gasteiger partial charge in [0.25, 0.3) is 0 Å². The maximum Gasteiger partial charge on any atom is 0.236 e. The van der Waals surface area contributed by atoms with Crippen molar-refractivity contribution in [2.75, 3.05) is 6.54 Å². The Balaban J connectivity index is 2.26. The van der Waals surface area contributed by atoms with Crippen LogP contribution in [-0.4, -0.2) is 36.8 Å². The summed E-state index contributed by atoms with van der Waals surface area (Å²) >= 11 is 0. The van der Waals surface area contributed by atoms with E-state index in [1.165, 1.54) is 10.4 Å². The van der Waals surface area contributed by atoms with E-state index >= 15 is 0 Å². The monoisotopic (exact) mass is 244 g/mol. The molecule has 0 aromatic heterocycles. The predicted molar refractivity (Wildman–Crippen MR) is 59.0 cm³/mol. The lowest BCUT2D eigenvalue weighted by atomic mass is 9.98. The van der Waals surface area contributed by atoms with Crippen LogP contribution >= 0.6 is 0 Å². The number of isocyanates is 1. The molecule has 90 valence electrons. The maximum absolute atomic E-state index is 12.1. The average Bonchev–Trinajstić information content (AvgIpc) is 3.04. The van der Waals surface area contributed by atoms with Crippen molar-refractivity contribution in [1.29, 1.82) is 0 Å². The Morgan fingerprint density at radius 2 is 2.00 bits per heavy atom. The third-order valence-corrected chi connectivity index (χ3v) is 5.67. The van der Waals surface area contributed by atoms with Crippen LogP contribution in [0.5, 0.6) is 0 Å². The van der Waals surface area contributed by atoms with Gasteiger partial charge in [-0.15, -0.1) is 0 Å². The summed E-state index contributed by atoms with van der Waals surface area (Å²) in [6.07, 6.45) is 4.20. The summed E-state index contributed by atoms with van der Waals surface area (Å²) in [4.78, 5) is 14.0. The molecule has 0 aromatic rings. The Morgan fingerprint density at radius 3 is 2.56 bits per heavy atom. The van der Waals surface area contributed by atoms with Crippen LogP contribution in [0, 0.1) is 5.92 Å². The van der Waals surface area contributed by atoms with Crippen LogP contribution in [0.1, 0.15) is 32.6 Å². The van der Waals surface area contributed by atoms with Gasteiger partial charge in [0.15, 0.2) is 0 Å². The van der Waals surface area contributed by atoms with Crippen LogP contribution in [0.15, 0.2) is 4.99 Å². The summed E-state index contributed by atoms with van der Waals surface area (Å²) in [7, 11) is -3.23. The molecule has 0 spiro atoms. The normalized spacial score (nSPS) is 32.1. The Labute approximate surface area is 95.6 Å². The summed E-state index contributed by atoms with van der Waals surface area (Å²) < 4.78 is 25.6. The zero-order valence-electron chi connectivity index (χ0n) is 9.30. The molecule has 1 heterocycles. The zero-order chi connectivity index (χ0) is 11.8. The highest BCUT2D eigenvalue weighted by molar-refractivity contribution is 7.90. The minimum absolute atomic E-state index is 0.101. The highest BCUT2D eigenvalue weighted by Crippen LogP contribution is 2.35. The van der Waals surface area contributed by atoms with E-state index in [2.05, 4.69) is 4.99 Å². The van der Waals surface area contributed by atoms with Crippen molar-refractivity contribution in [3.05, 3.63) is 0 Å². The van der Waals surface area contributed by atoms with Crippen LogP contribution in [0.2, 0.25) is 0 Å². The molecule has 0 amide bonds. The predicted octanol–water partition coefficient (Wildman–Crippen LogP) is 0.872. The fourth-order valence-corrected chi connectivity index (χ4v) is 4.27. The maximum atomic E-state index is 12.1. The van der Waals surface area contributed by atoms with Gasteiger partial charge in [0.05, 0.1) is 5.25 Å². The number of nitrogens with zero attached hydrogens (tertiary/aromatic N) is 2. The Hall–Kier alpha value is -0.710. The van der Waals surface area contributed by atoms with Crippen LogP contribution in [0.3, 0.4) is 0 Å². The molecule has 1 saturated heterocycles. The fourth-order valence-electron chi connectivity index (χ4n) is 2.22. The SMILES string of the molecule is CC1CCCN(S(=O)(=O)C2CC2)C1N=C=O. The van der Waals surface area contributed by atoms with Crippen molar-refractivity contribution < 1.29 is 13.2 Å². The Bertz CT molecular complexity index is 410. The molecule has 5 nitrogen and oxygen atoms in total. The molecule has 2 unspecified atom stereocenters. The van der Waals surface area contributed by atoms with Crippen LogP contribution in [0.4, 0.5) is 0 Å². The summed E-state index contributed by atoms with van der Waals surface area (Å²) in [5.41, 5.74) is 0. The van der Waals surface area contributed by atoms with E-state index in [4.69, 9.17) is 0 Å². The molecule has 0 N–H and O–H groups in total. The first-order valence-corrected chi connectivity index (χ1v) is 7.15. The van der Waals surface area contributed by atoms with Crippen LogP contribution in [0.25, 0.3) is 0 Å². The Morgan fingerprint density at radius 1 is 1.31 bits per heavy atom. The molecule has 0 bridgehead atoms. The Kier molecular flexibility index (Phi) is 3.15. The first-order valence-electron chi connectivity index (χ1n) is 5.65.